The molecule has 0 aliphatic carbocycles. The van der Waals surface area contributed by atoms with E-state index in [2.05, 4.69) is 19.2 Å². The van der Waals surface area contributed by atoms with Crippen LogP contribution in [0.2, 0.25) is 0 Å². The molecule has 5 nitrogen and oxygen atoms in total. The topological polar surface area (TPSA) is 66.5 Å². The Kier molecular flexibility index (Phi) is 4.89. The van der Waals surface area contributed by atoms with Gasteiger partial charge in [0.15, 0.2) is 0 Å². The van der Waals surface area contributed by atoms with Crippen LogP contribution in [-0.2, 0) is 4.79 Å². The maximum Gasteiger partial charge on any atom is 0.262 e. The van der Waals surface area contributed by atoms with Crippen LogP contribution in [0.1, 0.15) is 59.4 Å². The lowest BCUT2D eigenvalue weighted by atomic mass is 9.97. The van der Waals surface area contributed by atoms with E-state index in [1.54, 1.807) is 31.2 Å². The molecule has 1 aliphatic heterocycles. The van der Waals surface area contributed by atoms with Crippen molar-refractivity contribution in [3.8, 4) is 0 Å². The van der Waals surface area contributed by atoms with Gasteiger partial charge in [0.05, 0.1) is 11.1 Å². The van der Waals surface area contributed by atoms with Gasteiger partial charge in [0.1, 0.15) is 6.04 Å². The first-order valence-electron chi connectivity index (χ1n) is 8.82. The molecule has 3 amide bonds. The fourth-order valence-corrected chi connectivity index (χ4v) is 3.17. The average Bonchev–Trinajstić information content (AvgIpc) is 2.92. The first-order chi connectivity index (χ1) is 12.5. The second-order valence-electron chi connectivity index (χ2n) is 6.59. The van der Waals surface area contributed by atoms with Crippen LogP contribution >= 0.6 is 0 Å². The van der Waals surface area contributed by atoms with E-state index in [4.69, 9.17) is 0 Å². The number of nitrogens with one attached hydrogen (secondary N) is 1. The standard InChI is InChI=1S/C21H22N2O3/c1-4-13(2)15-9-7-8-12-18(15)22-19(24)14(3)23-20(25)16-10-5-6-11-17(16)21(23)26/h5-14H,4H2,1-3H3,(H,22,24)/t13-,14+/m0/s1. The van der Waals surface area contributed by atoms with Gasteiger partial charge in [0, 0.05) is 5.69 Å². The Morgan fingerprint density at radius 3 is 2.08 bits per heavy atom. The Hall–Kier alpha value is -2.95. The van der Waals surface area contributed by atoms with Gasteiger partial charge >= 0.3 is 0 Å². The summed E-state index contributed by atoms with van der Waals surface area (Å²) in [5.74, 6) is -0.941. The minimum Gasteiger partial charge on any atom is -0.324 e. The SMILES string of the molecule is CC[C@H](C)c1ccccc1NC(=O)[C@@H](C)N1C(=O)c2ccccc2C1=O. The third kappa shape index (κ3) is 3.01. The highest BCUT2D eigenvalue weighted by Gasteiger charge is 2.40. The Labute approximate surface area is 153 Å². The van der Waals surface area contributed by atoms with Crippen LogP contribution < -0.4 is 5.32 Å². The summed E-state index contributed by atoms with van der Waals surface area (Å²) in [5.41, 5.74) is 2.45. The molecule has 0 fully saturated rings. The molecule has 134 valence electrons. The first-order valence-corrected chi connectivity index (χ1v) is 8.82. The molecule has 5 heteroatoms. The number of fused-ring (bicyclic) bond motifs is 1. The predicted molar refractivity (Wildman–Crippen MR) is 100 cm³/mol. The second-order valence-corrected chi connectivity index (χ2v) is 6.59. The Morgan fingerprint density at radius 2 is 1.50 bits per heavy atom. The van der Waals surface area contributed by atoms with Crippen molar-refractivity contribution in [2.75, 3.05) is 5.32 Å². The molecule has 1 aliphatic rings. The van der Waals surface area contributed by atoms with E-state index in [0.717, 1.165) is 22.6 Å². The van der Waals surface area contributed by atoms with Crippen LogP contribution in [-0.4, -0.2) is 28.7 Å². The quantitative estimate of drug-likeness (QED) is 0.834. The van der Waals surface area contributed by atoms with Crippen LogP contribution in [0.15, 0.2) is 48.5 Å². The van der Waals surface area contributed by atoms with Crippen molar-refractivity contribution in [3.05, 3.63) is 65.2 Å². The van der Waals surface area contributed by atoms with Crippen molar-refractivity contribution in [3.63, 3.8) is 0 Å². The zero-order chi connectivity index (χ0) is 18.8. The maximum atomic E-state index is 12.7. The molecule has 0 saturated carbocycles. The number of benzene rings is 2. The van der Waals surface area contributed by atoms with Crippen LogP contribution in [0.25, 0.3) is 0 Å². The number of anilines is 1. The molecule has 1 N–H and O–H groups in total. The fraction of sp³-hybridized carbons (Fsp3) is 0.286. The molecule has 1 heterocycles. The lowest BCUT2D eigenvalue weighted by Crippen LogP contribution is -2.45. The highest BCUT2D eigenvalue weighted by Crippen LogP contribution is 2.28. The van der Waals surface area contributed by atoms with E-state index < -0.39 is 17.9 Å². The number of imide groups is 1. The van der Waals surface area contributed by atoms with E-state index in [1.807, 2.05) is 24.3 Å². The van der Waals surface area contributed by atoms with Gasteiger partial charge in [0.25, 0.3) is 11.8 Å². The summed E-state index contributed by atoms with van der Waals surface area (Å²) in [6, 6.07) is 13.4. The summed E-state index contributed by atoms with van der Waals surface area (Å²) in [6.07, 6.45) is 0.945. The molecule has 0 radical (unpaired) electrons. The molecular weight excluding hydrogens is 328 g/mol. The molecule has 2 aromatic rings. The van der Waals surface area contributed by atoms with Crippen LogP contribution in [0, 0.1) is 0 Å². The Balaban J connectivity index is 1.82. The maximum absolute atomic E-state index is 12.7. The number of para-hydroxylation sites is 1. The number of nitrogens with zero attached hydrogens (tertiary/aromatic N) is 1. The zero-order valence-electron chi connectivity index (χ0n) is 15.2. The molecule has 0 saturated heterocycles. The van der Waals surface area contributed by atoms with Crippen molar-refractivity contribution >= 4 is 23.4 Å². The number of carbonyl (C=O) groups is 3. The number of rotatable bonds is 5. The van der Waals surface area contributed by atoms with Gasteiger partial charge in [-0.15, -0.1) is 0 Å². The van der Waals surface area contributed by atoms with Gasteiger partial charge in [-0.3, -0.25) is 19.3 Å². The first kappa shape index (κ1) is 17.9. The molecule has 0 aromatic heterocycles. The van der Waals surface area contributed by atoms with Gasteiger partial charge in [-0.1, -0.05) is 44.2 Å². The molecule has 2 aromatic carbocycles. The lowest BCUT2D eigenvalue weighted by Gasteiger charge is -2.23. The molecular formula is C21H22N2O3. The van der Waals surface area contributed by atoms with E-state index in [-0.39, 0.29) is 5.91 Å². The molecule has 0 bridgehead atoms. The monoisotopic (exact) mass is 350 g/mol. The van der Waals surface area contributed by atoms with Crippen molar-refractivity contribution in [2.45, 2.75) is 39.2 Å². The van der Waals surface area contributed by atoms with E-state index in [9.17, 15) is 14.4 Å². The molecule has 0 spiro atoms. The second kappa shape index (κ2) is 7.12. The minimum absolute atomic E-state index is 0.293. The smallest absolute Gasteiger partial charge is 0.262 e. The largest absolute Gasteiger partial charge is 0.324 e. The summed E-state index contributed by atoms with van der Waals surface area (Å²) in [6.45, 7) is 5.76. The highest BCUT2D eigenvalue weighted by molar-refractivity contribution is 6.23. The third-order valence-electron chi connectivity index (χ3n) is 4.95. The summed E-state index contributed by atoms with van der Waals surface area (Å²) in [4.78, 5) is 38.9. The summed E-state index contributed by atoms with van der Waals surface area (Å²) >= 11 is 0. The molecule has 3 rings (SSSR count). The summed E-state index contributed by atoms with van der Waals surface area (Å²) in [7, 11) is 0. The van der Waals surface area contributed by atoms with Gasteiger partial charge in [-0.05, 0) is 43.0 Å². The van der Waals surface area contributed by atoms with Gasteiger partial charge in [-0.2, -0.15) is 0 Å². The number of hydrogen-bond acceptors (Lipinski definition) is 3. The minimum atomic E-state index is -0.896. The van der Waals surface area contributed by atoms with Crippen molar-refractivity contribution < 1.29 is 14.4 Å². The van der Waals surface area contributed by atoms with Crippen LogP contribution in [0.3, 0.4) is 0 Å². The normalized spacial score (nSPS) is 15.6. The van der Waals surface area contributed by atoms with Crippen LogP contribution in [0.4, 0.5) is 5.69 Å². The number of carbonyl (C=O) groups excluding carboxylic acids is 3. The van der Waals surface area contributed by atoms with Crippen molar-refractivity contribution in [2.24, 2.45) is 0 Å². The Morgan fingerprint density at radius 1 is 0.962 bits per heavy atom. The van der Waals surface area contributed by atoms with Gasteiger partial charge < -0.3 is 5.32 Å². The zero-order valence-corrected chi connectivity index (χ0v) is 15.2. The van der Waals surface area contributed by atoms with E-state index in [1.165, 1.54) is 0 Å². The predicted octanol–water partition coefficient (Wildman–Crippen LogP) is 3.82. The third-order valence-corrected chi connectivity index (χ3v) is 4.95. The Bertz CT molecular complexity index is 840. The highest BCUT2D eigenvalue weighted by atomic mass is 16.2. The summed E-state index contributed by atoms with van der Waals surface area (Å²) in [5, 5.41) is 2.89. The van der Waals surface area contributed by atoms with Crippen LogP contribution in [0.5, 0.6) is 0 Å². The van der Waals surface area contributed by atoms with E-state index in [0.29, 0.717) is 17.0 Å². The molecule has 26 heavy (non-hydrogen) atoms. The van der Waals surface area contributed by atoms with Crippen molar-refractivity contribution in [1.29, 1.82) is 0 Å². The fourth-order valence-electron chi connectivity index (χ4n) is 3.17. The van der Waals surface area contributed by atoms with Crippen molar-refractivity contribution in [1.82, 2.24) is 4.90 Å². The molecule has 2 atom stereocenters. The lowest BCUT2D eigenvalue weighted by molar-refractivity contribution is -0.119. The van der Waals surface area contributed by atoms with Gasteiger partial charge in [-0.25, -0.2) is 0 Å². The average molecular weight is 350 g/mol. The number of hydrogen-bond donors (Lipinski definition) is 1. The molecule has 0 unspecified atom stereocenters. The van der Waals surface area contributed by atoms with Gasteiger partial charge in [0.2, 0.25) is 5.91 Å². The van der Waals surface area contributed by atoms with E-state index >= 15 is 0 Å². The number of amides is 3. The summed E-state index contributed by atoms with van der Waals surface area (Å²) < 4.78 is 0.